The minimum absolute atomic E-state index is 0.0287. The zero-order valence-corrected chi connectivity index (χ0v) is 18.5. The Bertz CT molecular complexity index is 1180. The van der Waals surface area contributed by atoms with E-state index in [4.69, 9.17) is 0 Å². The molecule has 5 rings (SSSR count). The number of aryl methyl sites for hydroxylation is 2. The fourth-order valence-corrected chi connectivity index (χ4v) is 6.17. The quantitative estimate of drug-likeness (QED) is 0.632. The van der Waals surface area contributed by atoms with Crippen molar-refractivity contribution >= 4 is 27.5 Å². The Hall–Kier alpha value is -2.48. The summed E-state index contributed by atoms with van der Waals surface area (Å²) in [5, 5.41) is 5.03. The first-order valence-electron chi connectivity index (χ1n) is 10.7. The normalized spacial score (nSPS) is 20.0. The summed E-state index contributed by atoms with van der Waals surface area (Å²) in [6.45, 7) is 5.47. The summed E-state index contributed by atoms with van der Waals surface area (Å²) >= 11 is 1.69. The van der Waals surface area contributed by atoms with E-state index in [9.17, 15) is 9.59 Å². The number of carbonyl (C=O) groups excluding carboxylic acids is 1. The molecule has 0 aromatic carbocycles. The Kier molecular flexibility index (Phi) is 4.76. The third-order valence-corrected chi connectivity index (χ3v) is 8.01. The average Bonchev–Trinajstić information content (AvgIpc) is 3.28. The number of carbonyl (C=O) groups is 1. The molecule has 1 saturated heterocycles. The zero-order chi connectivity index (χ0) is 21.0. The van der Waals surface area contributed by atoms with Gasteiger partial charge < -0.3 is 4.90 Å². The molecule has 1 atom stereocenters. The number of likely N-dealkylation sites (tertiary alicyclic amines) is 1. The van der Waals surface area contributed by atoms with Gasteiger partial charge in [0.25, 0.3) is 11.5 Å². The second-order valence-electron chi connectivity index (χ2n) is 8.78. The van der Waals surface area contributed by atoms with Crippen LogP contribution in [0, 0.1) is 12.8 Å². The van der Waals surface area contributed by atoms with Crippen LogP contribution in [0.3, 0.4) is 0 Å². The van der Waals surface area contributed by atoms with Crippen molar-refractivity contribution in [2.45, 2.75) is 52.0 Å². The second-order valence-corrected chi connectivity index (χ2v) is 9.86. The van der Waals surface area contributed by atoms with Crippen molar-refractivity contribution in [1.29, 1.82) is 0 Å². The smallest absolute Gasteiger partial charge is 0.262 e. The van der Waals surface area contributed by atoms with Gasteiger partial charge in [-0.2, -0.15) is 5.10 Å². The number of hydrogen-bond acceptors (Lipinski definition) is 5. The van der Waals surface area contributed by atoms with Crippen molar-refractivity contribution in [3.8, 4) is 0 Å². The molecule has 1 aliphatic heterocycles. The highest BCUT2D eigenvalue weighted by Gasteiger charge is 2.29. The Balaban J connectivity index is 1.37. The first-order valence-corrected chi connectivity index (χ1v) is 11.5. The number of amides is 1. The summed E-state index contributed by atoms with van der Waals surface area (Å²) in [6, 6.07) is 0.0894. The van der Waals surface area contributed by atoms with Crippen molar-refractivity contribution in [1.82, 2.24) is 24.2 Å². The van der Waals surface area contributed by atoms with Crippen LogP contribution in [0.25, 0.3) is 10.2 Å². The molecule has 1 aliphatic carbocycles. The number of hydrogen-bond donors (Lipinski definition) is 0. The molecule has 0 radical (unpaired) electrons. The van der Waals surface area contributed by atoms with Gasteiger partial charge in [0.15, 0.2) is 0 Å². The number of rotatable bonds is 2. The summed E-state index contributed by atoms with van der Waals surface area (Å²) < 4.78 is 3.55. The van der Waals surface area contributed by atoms with Crippen molar-refractivity contribution in [2.24, 2.45) is 13.0 Å². The summed E-state index contributed by atoms with van der Waals surface area (Å²) in [7, 11) is 1.84. The SMILES string of the molecule is Cc1c(C(=O)N2CCC(n3cnc4sc5c(c4c3=O)CC[C@H](C)C5)CC2)cnn1C. The lowest BCUT2D eigenvalue weighted by Crippen LogP contribution is -2.41. The van der Waals surface area contributed by atoms with Crippen molar-refractivity contribution in [2.75, 3.05) is 13.1 Å². The van der Waals surface area contributed by atoms with Crippen LogP contribution in [0.2, 0.25) is 0 Å². The molecule has 3 aromatic rings. The maximum Gasteiger partial charge on any atom is 0.262 e. The van der Waals surface area contributed by atoms with Gasteiger partial charge in [0, 0.05) is 36.8 Å². The third-order valence-electron chi connectivity index (χ3n) is 6.85. The van der Waals surface area contributed by atoms with Crippen LogP contribution in [-0.2, 0) is 19.9 Å². The molecular formula is C22H27N5O2S. The summed E-state index contributed by atoms with van der Waals surface area (Å²) in [5.41, 5.74) is 2.87. The van der Waals surface area contributed by atoms with Gasteiger partial charge in [0.2, 0.25) is 0 Å². The van der Waals surface area contributed by atoms with E-state index in [1.54, 1.807) is 28.5 Å². The molecule has 0 spiro atoms. The van der Waals surface area contributed by atoms with Crippen molar-refractivity contribution < 1.29 is 4.79 Å². The Labute approximate surface area is 179 Å². The highest BCUT2D eigenvalue weighted by molar-refractivity contribution is 7.18. The van der Waals surface area contributed by atoms with Crippen LogP contribution in [0.1, 0.15) is 58.7 Å². The van der Waals surface area contributed by atoms with Crippen molar-refractivity contribution in [3.05, 3.63) is 44.6 Å². The van der Waals surface area contributed by atoms with Crippen LogP contribution >= 0.6 is 11.3 Å². The fraction of sp³-hybridized carbons (Fsp3) is 0.545. The maximum atomic E-state index is 13.4. The van der Waals surface area contributed by atoms with E-state index < -0.39 is 0 Å². The van der Waals surface area contributed by atoms with Gasteiger partial charge in [-0.15, -0.1) is 11.3 Å². The number of piperidine rings is 1. The van der Waals surface area contributed by atoms with Gasteiger partial charge in [0.1, 0.15) is 4.83 Å². The Morgan fingerprint density at radius 2 is 2.00 bits per heavy atom. The minimum Gasteiger partial charge on any atom is -0.338 e. The van der Waals surface area contributed by atoms with E-state index in [0.29, 0.717) is 24.6 Å². The Morgan fingerprint density at radius 3 is 2.70 bits per heavy atom. The van der Waals surface area contributed by atoms with Crippen LogP contribution in [-0.4, -0.2) is 43.2 Å². The molecule has 7 nitrogen and oxygen atoms in total. The van der Waals surface area contributed by atoms with Crippen molar-refractivity contribution in [3.63, 3.8) is 0 Å². The van der Waals surface area contributed by atoms with Gasteiger partial charge in [-0.3, -0.25) is 18.8 Å². The summed E-state index contributed by atoms with van der Waals surface area (Å²) in [4.78, 5) is 35.0. The fourth-order valence-electron chi connectivity index (χ4n) is 4.83. The first-order chi connectivity index (χ1) is 14.4. The predicted molar refractivity (Wildman–Crippen MR) is 117 cm³/mol. The molecule has 3 aromatic heterocycles. The maximum absolute atomic E-state index is 13.4. The van der Waals surface area contributed by atoms with Gasteiger partial charge >= 0.3 is 0 Å². The number of thiophene rings is 1. The summed E-state index contributed by atoms with van der Waals surface area (Å²) in [6.07, 6.45) is 8.08. The van der Waals surface area contributed by atoms with Crippen LogP contribution in [0.5, 0.6) is 0 Å². The minimum atomic E-state index is 0.0287. The molecule has 0 saturated carbocycles. The first kappa shape index (κ1) is 19.5. The molecular weight excluding hydrogens is 398 g/mol. The predicted octanol–water partition coefficient (Wildman–Crippen LogP) is 3.10. The molecule has 30 heavy (non-hydrogen) atoms. The van der Waals surface area contributed by atoms with Gasteiger partial charge in [-0.05, 0) is 50.5 Å². The van der Waals surface area contributed by atoms with E-state index in [0.717, 1.165) is 48.0 Å². The van der Waals surface area contributed by atoms with E-state index in [1.807, 2.05) is 23.4 Å². The average molecular weight is 426 g/mol. The topological polar surface area (TPSA) is 73.0 Å². The molecule has 1 amide bonds. The lowest BCUT2D eigenvalue weighted by molar-refractivity contribution is 0.0692. The van der Waals surface area contributed by atoms with Crippen LogP contribution < -0.4 is 5.56 Å². The summed E-state index contributed by atoms with van der Waals surface area (Å²) in [5.74, 6) is 0.708. The van der Waals surface area contributed by atoms with Crippen LogP contribution in [0.15, 0.2) is 17.3 Å². The standard InChI is InChI=1S/C22H27N5O2S/c1-13-4-5-16-18(10-13)30-20-19(16)22(29)27(12-23-20)15-6-8-26(9-7-15)21(28)17-11-24-25(3)14(17)2/h11-13,15H,4-10H2,1-3H3/t13-/m0/s1. The molecule has 8 heteroatoms. The molecule has 0 bridgehead atoms. The number of aromatic nitrogens is 4. The third kappa shape index (κ3) is 3.09. The highest BCUT2D eigenvalue weighted by atomic mass is 32.1. The van der Waals surface area contributed by atoms with E-state index in [-0.39, 0.29) is 17.5 Å². The van der Waals surface area contributed by atoms with E-state index >= 15 is 0 Å². The molecule has 158 valence electrons. The monoisotopic (exact) mass is 425 g/mol. The molecule has 1 fully saturated rings. The Morgan fingerprint density at radius 1 is 1.23 bits per heavy atom. The number of nitrogens with zero attached hydrogens (tertiary/aromatic N) is 5. The molecule has 4 heterocycles. The van der Waals surface area contributed by atoms with Gasteiger partial charge in [0.05, 0.1) is 23.5 Å². The van der Waals surface area contributed by atoms with Gasteiger partial charge in [-0.25, -0.2) is 4.98 Å². The van der Waals surface area contributed by atoms with Gasteiger partial charge in [-0.1, -0.05) is 6.92 Å². The molecule has 2 aliphatic rings. The number of fused-ring (bicyclic) bond motifs is 3. The lowest BCUT2D eigenvalue weighted by Gasteiger charge is -2.32. The zero-order valence-electron chi connectivity index (χ0n) is 17.7. The second kappa shape index (κ2) is 7.34. The lowest BCUT2D eigenvalue weighted by atomic mass is 9.89. The highest BCUT2D eigenvalue weighted by Crippen LogP contribution is 2.36. The molecule has 0 N–H and O–H groups in total. The molecule has 0 unspecified atom stereocenters. The van der Waals surface area contributed by atoms with E-state index in [1.165, 1.54) is 10.4 Å². The van der Waals surface area contributed by atoms with E-state index in [2.05, 4.69) is 17.0 Å². The van der Waals surface area contributed by atoms with Crippen LogP contribution in [0.4, 0.5) is 0 Å². The largest absolute Gasteiger partial charge is 0.338 e.